The normalized spacial score (nSPS) is 10.6. The van der Waals surface area contributed by atoms with Crippen molar-refractivity contribution in [2.24, 2.45) is 0 Å². The molecule has 30 heavy (non-hydrogen) atoms. The first-order chi connectivity index (χ1) is 14.7. The molecule has 0 fully saturated rings. The molecule has 1 aromatic heterocycles. The summed E-state index contributed by atoms with van der Waals surface area (Å²) < 4.78 is 0. The lowest BCUT2D eigenvalue weighted by Gasteiger charge is -2.13. The average molecular weight is 399 g/mol. The molecule has 1 amide bonds. The summed E-state index contributed by atoms with van der Waals surface area (Å²) in [6, 6.07) is 19.8. The summed E-state index contributed by atoms with van der Waals surface area (Å²) in [4.78, 5) is 15.7. The van der Waals surface area contributed by atoms with Gasteiger partial charge in [0.25, 0.3) is 0 Å². The van der Waals surface area contributed by atoms with Gasteiger partial charge in [-0.3, -0.25) is 9.78 Å². The van der Waals surface area contributed by atoms with Crippen LogP contribution in [0.25, 0.3) is 11.1 Å². The monoisotopic (exact) mass is 399 g/mol. The van der Waals surface area contributed by atoms with Crippen LogP contribution in [0.2, 0.25) is 0 Å². The van der Waals surface area contributed by atoms with Gasteiger partial charge in [-0.15, -0.1) is 0 Å². The van der Waals surface area contributed by atoms with Crippen LogP contribution in [0, 0.1) is 5.41 Å². The highest BCUT2D eigenvalue weighted by Crippen LogP contribution is 2.26. The van der Waals surface area contributed by atoms with Crippen molar-refractivity contribution in [2.75, 3.05) is 18.9 Å². The van der Waals surface area contributed by atoms with Crippen molar-refractivity contribution in [3.8, 4) is 11.1 Å². The second kappa shape index (κ2) is 10.6. The molecule has 0 aliphatic heterocycles. The smallest absolute Gasteiger partial charge is 0.239 e. The SMILES string of the molecule is CNC(=O)CNc1ccc(-c2ccccc2)cc1C(=N)/C=C\NCc1cccnc1. The molecule has 0 spiro atoms. The van der Waals surface area contributed by atoms with E-state index in [-0.39, 0.29) is 12.5 Å². The quantitative estimate of drug-likeness (QED) is 0.414. The number of pyridine rings is 1. The van der Waals surface area contributed by atoms with Crippen LogP contribution < -0.4 is 16.0 Å². The molecule has 0 unspecified atom stereocenters. The van der Waals surface area contributed by atoms with E-state index in [1.807, 2.05) is 60.7 Å². The molecule has 0 aliphatic rings. The molecule has 4 N–H and O–H groups in total. The van der Waals surface area contributed by atoms with Crippen molar-refractivity contribution in [1.82, 2.24) is 15.6 Å². The van der Waals surface area contributed by atoms with E-state index in [0.717, 1.165) is 27.9 Å². The number of aromatic nitrogens is 1. The molecule has 0 radical (unpaired) electrons. The molecule has 152 valence electrons. The number of anilines is 1. The zero-order valence-electron chi connectivity index (χ0n) is 16.9. The third-order valence-electron chi connectivity index (χ3n) is 4.53. The fraction of sp³-hybridized carbons (Fsp3) is 0.125. The Morgan fingerprint density at radius 3 is 2.63 bits per heavy atom. The molecule has 0 saturated carbocycles. The third-order valence-corrected chi connectivity index (χ3v) is 4.53. The molecule has 3 rings (SSSR count). The Morgan fingerprint density at radius 1 is 1.07 bits per heavy atom. The Morgan fingerprint density at radius 2 is 1.90 bits per heavy atom. The first kappa shape index (κ1) is 20.8. The number of nitrogens with one attached hydrogen (secondary N) is 4. The van der Waals surface area contributed by atoms with Crippen LogP contribution in [-0.2, 0) is 11.3 Å². The molecular weight excluding hydrogens is 374 g/mol. The Labute approximate surface area is 176 Å². The Bertz CT molecular complexity index is 1020. The van der Waals surface area contributed by atoms with Crippen LogP contribution in [0.1, 0.15) is 11.1 Å². The predicted octanol–water partition coefficient (Wildman–Crippen LogP) is 3.58. The van der Waals surface area contributed by atoms with Crippen molar-refractivity contribution in [3.05, 3.63) is 96.5 Å². The first-order valence-corrected chi connectivity index (χ1v) is 9.69. The summed E-state index contributed by atoms with van der Waals surface area (Å²) >= 11 is 0. The number of allylic oxidation sites excluding steroid dienone is 1. The topological polar surface area (TPSA) is 89.9 Å². The number of rotatable bonds is 9. The molecule has 0 saturated heterocycles. The second-order valence-electron chi connectivity index (χ2n) is 6.64. The van der Waals surface area contributed by atoms with Gasteiger partial charge in [-0.25, -0.2) is 0 Å². The minimum atomic E-state index is -0.117. The van der Waals surface area contributed by atoms with Gasteiger partial charge in [0.2, 0.25) is 5.91 Å². The molecular formula is C24H25N5O. The highest BCUT2D eigenvalue weighted by atomic mass is 16.1. The lowest BCUT2D eigenvalue weighted by Crippen LogP contribution is -2.26. The van der Waals surface area contributed by atoms with E-state index in [2.05, 4.69) is 20.9 Å². The van der Waals surface area contributed by atoms with Crippen molar-refractivity contribution in [3.63, 3.8) is 0 Å². The first-order valence-electron chi connectivity index (χ1n) is 9.69. The maximum Gasteiger partial charge on any atom is 0.239 e. The molecule has 6 nitrogen and oxygen atoms in total. The van der Waals surface area contributed by atoms with Crippen molar-refractivity contribution < 1.29 is 4.79 Å². The third kappa shape index (κ3) is 5.78. The largest absolute Gasteiger partial charge is 0.387 e. The summed E-state index contributed by atoms with van der Waals surface area (Å²) in [7, 11) is 1.60. The van der Waals surface area contributed by atoms with Gasteiger partial charge >= 0.3 is 0 Å². The molecule has 0 aliphatic carbocycles. The molecule has 0 bridgehead atoms. The summed E-state index contributed by atoms with van der Waals surface area (Å²) in [5.41, 5.74) is 4.94. The van der Waals surface area contributed by atoms with Gasteiger partial charge in [0.1, 0.15) is 0 Å². The number of benzene rings is 2. The highest BCUT2D eigenvalue weighted by molar-refractivity contribution is 6.11. The fourth-order valence-corrected chi connectivity index (χ4v) is 2.91. The molecule has 1 heterocycles. The minimum Gasteiger partial charge on any atom is -0.387 e. The lowest BCUT2D eigenvalue weighted by molar-refractivity contribution is -0.118. The minimum absolute atomic E-state index is 0.117. The van der Waals surface area contributed by atoms with Crippen LogP contribution in [0.4, 0.5) is 5.69 Å². The fourth-order valence-electron chi connectivity index (χ4n) is 2.91. The number of hydrogen-bond acceptors (Lipinski definition) is 5. The number of likely N-dealkylation sites (N-methyl/N-ethyl adjacent to an activating group) is 1. The van der Waals surface area contributed by atoms with Crippen LogP contribution >= 0.6 is 0 Å². The van der Waals surface area contributed by atoms with E-state index in [4.69, 9.17) is 5.41 Å². The van der Waals surface area contributed by atoms with Gasteiger partial charge in [-0.05, 0) is 47.2 Å². The maximum atomic E-state index is 11.6. The van der Waals surface area contributed by atoms with E-state index in [1.54, 1.807) is 31.7 Å². The van der Waals surface area contributed by atoms with Crippen LogP contribution in [0.3, 0.4) is 0 Å². The van der Waals surface area contributed by atoms with E-state index in [1.165, 1.54) is 0 Å². The van der Waals surface area contributed by atoms with Crippen molar-refractivity contribution in [2.45, 2.75) is 6.54 Å². The summed E-state index contributed by atoms with van der Waals surface area (Å²) in [6.07, 6.45) is 7.01. The van der Waals surface area contributed by atoms with Gasteiger partial charge in [-0.1, -0.05) is 42.5 Å². The molecule has 0 atom stereocenters. The molecule has 6 heteroatoms. The molecule has 2 aromatic carbocycles. The zero-order chi connectivity index (χ0) is 21.2. The number of amides is 1. The number of carbonyl (C=O) groups is 1. The van der Waals surface area contributed by atoms with Crippen LogP contribution in [0.5, 0.6) is 0 Å². The Kier molecular flexibility index (Phi) is 7.33. The second-order valence-corrected chi connectivity index (χ2v) is 6.64. The molecule has 3 aromatic rings. The van der Waals surface area contributed by atoms with E-state index in [9.17, 15) is 4.79 Å². The van der Waals surface area contributed by atoms with E-state index >= 15 is 0 Å². The standard InChI is InChI=1S/C24H25N5O/c1-26-24(30)17-29-23-10-9-20(19-7-3-2-4-8-19)14-21(23)22(25)11-13-28-16-18-6-5-12-27-15-18/h2-15,25,28-29H,16-17H2,1H3,(H,26,30)/b13-11-,25-22?. The zero-order valence-corrected chi connectivity index (χ0v) is 16.9. The average Bonchev–Trinajstić information content (AvgIpc) is 2.81. The van der Waals surface area contributed by atoms with Gasteiger partial charge in [-0.2, -0.15) is 0 Å². The Balaban J connectivity index is 1.78. The number of carbonyl (C=O) groups excluding carboxylic acids is 1. The van der Waals surface area contributed by atoms with Gasteiger partial charge in [0.05, 0.1) is 12.3 Å². The summed E-state index contributed by atoms with van der Waals surface area (Å²) in [5, 5.41) is 17.5. The van der Waals surface area contributed by atoms with Crippen molar-refractivity contribution >= 4 is 17.3 Å². The lowest BCUT2D eigenvalue weighted by atomic mass is 9.99. The summed E-state index contributed by atoms with van der Waals surface area (Å²) in [5.74, 6) is -0.117. The number of nitrogens with zero attached hydrogens (tertiary/aromatic N) is 1. The number of hydrogen-bond donors (Lipinski definition) is 4. The van der Waals surface area contributed by atoms with Crippen LogP contribution in [-0.4, -0.2) is 30.2 Å². The Hall–Kier alpha value is -3.93. The predicted molar refractivity (Wildman–Crippen MR) is 121 cm³/mol. The van der Waals surface area contributed by atoms with Crippen LogP contribution in [0.15, 0.2) is 85.3 Å². The maximum absolute atomic E-state index is 11.6. The van der Waals surface area contributed by atoms with E-state index in [0.29, 0.717) is 12.3 Å². The van der Waals surface area contributed by atoms with Gasteiger partial charge in [0.15, 0.2) is 0 Å². The van der Waals surface area contributed by atoms with Crippen molar-refractivity contribution in [1.29, 1.82) is 5.41 Å². The van der Waals surface area contributed by atoms with E-state index < -0.39 is 0 Å². The van der Waals surface area contributed by atoms with Gasteiger partial charge < -0.3 is 21.4 Å². The summed E-state index contributed by atoms with van der Waals surface area (Å²) in [6.45, 7) is 0.772. The highest BCUT2D eigenvalue weighted by Gasteiger charge is 2.10. The van der Waals surface area contributed by atoms with Gasteiger partial charge in [0, 0.05) is 37.2 Å².